The number of benzene rings is 1. The van der Waals surface area contributed by atoms with Crippen molar-refractivity contribution < 1.29 is 14.3 Å². The molecule has 1 amide bonds. The number of hydrogen-bond acceptors (Lipinski definition) is 7. The summed E-state index contributed by atoms with van der Waals surface area (Å²) in [5, 5.41) is 9.55. The van der Waals surface area contributed by atoms with Gasteiger partial charge < -0.3 is 19.3 Å². The molecule has 1 aliphatic heterocycles. The van der Waals surface area contributed by atoms with Gasteiger partial charge in [0.05, 0.1) is 17.3 Å². The van der Waals surface area contributed by atoms with Crippen molar-refractivity contribution in [2.24, 2.45) is 0 Å². The summed E-state index contributed by atoms with van der Waals surface area (Å²) in [6.45, 7) is 7.64. The van der Waals surface area contributed by atoms with Gasteiger partial charge in [-0.25, -0.2) is 4.79 Å². The number of aromatic nitrogens is 2. The smallest absolute Gasteiger partial charge is 0.410 e. The summed E-state index contributed by atoms with van der Waals surface area (Å²) in [5.41, 5.74) is 0.632. The predicted octanol–water partition coefficient (Wildman–Crippen LogP) is 4.50. The predicted molar refractivity (Wildman–Crippen MR) is 113 cm³/mol. The molecule has 0 radical (unpaired) electrons. The van der Waals surface area contributed by atoms with E-state index in [4.69, 9.17) is 32.7 Å². The fourth-order valence-electron chi connectivity index (χ4n) is 2.90. The van der Waals surface area contributed by atoms with Gasteiger partial charge in [0.1, 0.15) is 15.9 Å². The summed E-state index contributed by atoms with van der Waals surface area (Å²) in [6.07, 6.45) is -0.333. The zero-order valence-corrected chi connectivity index (χ0v) is 18.4. The van der Waals surface area contributed by atoms with Crippen molar-refractivity contribution in [2.75, 3.05) is 31.1 Å². The molecule has 1 aromatic heterocycles. The molecule has 0 N–H and O–H groups in total. The number of nitrogens with zero attached hydrogens (tertiary/aromatic N) is 5. The molecule has 0 atom stereocenters. The van der Waals surface area contributed by atoms with E-state index in [0.717, 1.165) is 5.69 Å². The van der Waals surface area contributed by atoms with Crippen molar-refractivity contribution in [3.63, 3.8) is 0 Å². The summed E-state index contributed by atoms with van der Waals surface area (Å²) >= 11 is 11.9. The first-order valence-corrected chi connectivity index (χ1v) is 10.1. The number of amides is 1. The molecule has 0 aliphatic carbocycles. The Bertz CT molecular complexity index is 959. The fourth-order valence-corrected chi connectivity index (χ4v) is 3.30. The highest BCUT2D eigenvalue weighted by atomic mass is 35.5. The van der Waals surface area contributed by atoms with Crippen LogP contribution in [-0.4, -0.2) is 52.7 Å². The Balaban J connectivity index is 1.78. The molecular weight excluding hydrogens is 429 g/mol. The lowest BCUT2D eigenvalue weighted by Gasteiger charge is -2.37. The summed E-state index contributed by atoms with van der Waals surface area (Å²) in [7, 11) is 0. The SMILES string of the molecule is CC(C)(C)OC(=O)N1CCN(c2ccc(C#N)cc2Oc2nc(Cl)cc(Cl)n2)CC1. The van der Waals surface area contributed by atoms with Crippen molar-refractivity contribution in [3.05, 3.63) is 40.1 Å². The first kappa shape index (κ1) is 21.9. The second-order valence-corrected chi connectivity index (χ2v) is 8.42. The molecule has 3 rings (SSSR count). The van der Waals surface area contributed by atoms with E-state index in [1.807, 2.05) is 20.8 Å². The molecule has 1 fully saturated rings. The maximum atomic E-state index is 12.3. The molecule has 1 saturated heterocycles. The van der Waals surface area contributed by atoms with Crippen LogP contribution < -0.4 is 9.64 Å². The number of rotatable bonds is 3. The van der Waals surface area contributed by atoms with E-state index in [1.165, 1.54) is 6.07 Å². The first-order chi connectivity index (χ1) is 14.1. The Morgan fingerprint density at radius 2 is 1.73 bits per heavy atom. The second kappa shape index (κ2) is 8.94. The quantitative estimate of drug-likeness (QED) is 0.636. The van der Waals surface area contributed by atoms with Crippen LogP contribution >= 0.6 is 23.2 Å². The number of piperazine rings is 1. The van der Waals surface area contributed by atoms with Gasteiger partial charge in [0.2, 0.25) is 0 Å². The van der Waals surface area contributed by atoms with Gasteiger partial charge >= 0.3 is 12.1 Å². The van der Waals surface area contributed by atoms with Gasteiger partial charge in [-0.1, -0.05) is 23.2 Å². The maximum Gasteiger partial charge on any atom is 0.410 e. The minimum absolute atomic E-state index is 0.0174. The molecule has 0 spiro atoms. The van der Waals surface area contributed by atoms with E-state index in [0.29, 0.717) is 37.5 Å². The molecule has 1 aromatic carbocycles. The third kappa shape index (κ3) is 5.65. The fraction of sp³-hybridized carbons (Fsp3) is 0.400. The molecule has 0 saturated carbocycles. The molecule has 10 heteroatoms. The molecule has 0 bridgehead atoms. The third-order valence-electron chi connectivity index (χ3n) is 4.21. The third-order valence-corrected chi connectivity index (χ3v) is 4.59. The van der Waals surface area contributed by atoms with Gasteiger partial charge in [0.25, 0.3) is 0 Å². The highest BCUT2D eigenvalue weighted by molar-refractivity contribution is 6.33. The van der Waals surface area contributed by atoms with Crippen LogP contribution in [0.1, 0.15) is 26.3 Å². The average molecular weight is 450 g/mol. The molecule has 30 heavy (non-hydrogen) atoms. The highest BCUT2D eigenvalue weighted by Gasteiger charge is 2.27. The van der Waals surface area contributed by atoms with Gasteiger partial charge in [0.15, 0.2) is 5.75 Å². The van der Waals surface area contributed by atoms with Crippen LogP contribution in [0, 0.1) is 11.3 Å². The van der Waals surface area contributed by atoms with E-state index >= 15 is 0 Å². The van der Waals surface area contributed by atoms with Crippen LogP contribution in [0.2, 0.25) is 10.3 Å². The Morgan fingerprint density at radius 1 is 1.10 bits per heavy atom. The monoisotopic (exact) mass is 449 g/mol. The van der Waals surface area contributed by atoms with Gasteiger partial charge in [-0.15, -0.1) is 0 Å². The minimum Gasteiger partial charge on any atom is -0.444 e. The van der Waals surface area contributed by atoms with Crippen LogP contribution in [0.3, 0.4) is 0 Å². The lowest BCUT2D eigenvalue weighted by Crippen LogP contribution is -2.50. The van der Waals surface area contributed by atoms with Crippen LogP contribution in [0.5, 0.6) is 11.8 Å². The summed E-state index contributed by atoms with van der Waals surface area (Å²) < 4.78 is 11.3. The van der Waals surface area contributed by atoms with Crippen LogP contribution in [-0.2, 0) is 4.74 Å². The van der Waals surface area contributed by atoms with Gasteiger partial charge in [-0.3, -0.25) is 0 Å². The van der Waals surface area contributed by atoms with Gasteiger partial charge in [0, 0.05) is 38.3 Å². The topological polar surface area (TPSA) is 91.6 Å². The Labute approximate surface area is 184 Å². The molecule has 8 nitrogen and oxygen atoms in total. The summed E-state index contributed by atoms with van der Waals surface area (Å²) in [5.74, 6) is 0.401. The maximum absolute atomic E-state index is 12.3. The number of nitriles is 1. The molecular formula is C20H21Cl2N5O3. The standard InChI is InChI=1S/C20H21Cl2N5O3/c1-20(2,3)30-19(28)27-8-6-26(7-9-27)14-5-4-13(12-23)10-15(14)29-18-24-16(21)11-17(22)25-18/h4-5,10-11H,6-9H2,1-3H3. The largest absolute Gasteiger partial charge is 0.444 e. The lowest BCUT2D eigenvalue weighted by molar-refractivity contribution is 0.0240. The average Bonchev–Trinajstić information content (AvgIpc) is 2.66. The molecule has 2 heterocycles. The van der Waals surface area contributed by atoms with E-state index in [1.54, 1.807) is 23.1 Å². The van der Waals surface area contributed by atoms with Crippen molar-refractivity contribution in [2.45, 2.75) is 26.4 Å². The Kier molecular flexibility index (Phi) is 6.54. The van der Waals surface area contributed by atoms with E-state index in [-0.39, 0.29) is 22.4 Å². The number of ether oxygens (including phenoxy) is 2. The Morgan fingerprint density at radius 3 is 2.30 bits per heavy atom. The number of hydrogen-bond donors (Lipinski definition) is 0. The van der Waals surface area contributed by atoms with Crippen molar-refractivity contribution >= 4 is 35.0 Å². The van der Waals surface area contributed by atoms with E-state index < -0.39 is 5.60 Å². The van der Waals surface area contributed by atoms with Crippen LogP contribution in [0.4, 0.5) is 10.5 Å². The van der Waals surface area contributed by atoms with Crippen molar-refractivity contribution in [3.8, 4) is 17.8 Å². The second-order valence-electron chi connectivity index (χ2n) is 7.65. The number of anilines is 1. The van der Waals surface area contributed by atoms with Crippen molar-refractivity contribution in [1.82, 2.24) is 14.9 Å². The minimum atomic E-state index is -0.541. The zero-order chi connectivity index (χ0) is 21.9. The Hall–Kier alpha value is -2.76. The molecule has 158 valence electrons. The number of halogens is 2. The number of carbonyl (C=O) groups is 1. The van der Waals surface area contributed by atoms with Crippen LogP contribution in [0.15, 0.2) is 24.3 Å². The highest BCUT2D eigenvalue weighted by Crippen LogP contribution is 2.33. The molecule has 2 aromatic rings. The van der Waals surface area contributed by atoms with Gasteiger partial charge in [-0.05, 0) is 32.9 Å². The normalized spacial score (nSPS) is 14.3. The zero-order valence-electron chi connectivity index (χ0n) is 16.9. The summed E-state index contributed by atoms with van der Waals surface area (Å²) in [6, 6.07) is 8.58. The van der Waals surface area contributed by atoms with Gasteiger partial charge in [-0.2, -0.15) is 15.2 Å². The first-order valence-electron chi connectivity index (χ1n) is 9.29. The van der Waals surface area contributed by atoms with E-state index in [9.17, 15) is 10.1 Å². The summed E-state index contributed by atoms with van der Waals surface area (Å²) in [4.78, 5) is 24.1. The van der Waals surface area contributed by atoms with E-state index in [2.05, 4.69) is 20.9 Å². The molecule has 0 unspecified atom stereocenters. The van der Waals surface area contributed by atoms with Crippen LogP contribution in [0.25, 0.3) is 0 Å². The number of carbonyl (C=O) groups excluding carboxylic acids is 1. The molecule has 1 aliphatic rings. The lowest BCUT2D eigenvalue weighted by atomic mass is 10.1. The van der Waals surface area contributed by atoms with Crippen molar-refractivity contribution in [1.29, 1.82) is 5.26 Å².